The number of hydrogen-bond acceptors (Lipinski definition) is 4. The van der Waals surface area contributed by atoms with Crippen LogP contribution in [-0.2, 0) is 16.0 Å². The Morgan fingerprint density at radius 1 is 1.06 bits per heavy atom. The molecule has 2 aromatic rings. The third-order valence-electron chi connectivity index (χ3n) is 5.18. The Labute approximate surface area is 196 Å². The van der Waals surface area contributed by atoms with Crippen LogP contribution in [-0.4, -0.2) is 36.3 Å². The zero-order valence-corrected chi connectivity index (χ0v) is 19.4. The van der Waals surface area contributed by atoms with E-state index in [4.69, 9.17) is 32.7 Å². The van der Waals surface area contributed by atoms with E-state index in [-0.39, 0.29) is 29.9 Å². The molecule has 0 saturated heterocycles. The van der Waals surface area contributed by atoms with Gasteiger partial charge in [-0.15, -0.1) is 0 Å². The molecule has 1 saturated carbocycles. The summed E-state index contributed by atoms with van der Waals surface area (Å²) in [5, 5.41) is 6.39. The summed E-state index contributed by atoms with van der Waals surface area (Å²) in [7, 11) is 0. The largest absolute Gasteiger partial charge is 0.484 e. The number of alkyl carbamates (subject to hydrolysis) is 1. The maximum absolute atomic E-state index is 13.4. The Bertz CT molecular complexity index is 996. The van der Waals surface area contributed by atoms with Crippen molar-refractivity contribution in [1.29, 1.82) is 0 Å². The quantitative estimate of drug-likeness (QED) is 0.560. The van der Waals surface area contributed by atoms with E-state index in [1.54, 1.807) is 6.07 Å². The van der Waals surface area contributed by atoms with Crippen LogP contribution < -0.4 is 15.4 Å². The average Bonchev–Trinajstić information content (AvgIpc) is 2.67. The fourth-order valence-corrected chi connectivity index (χ4v) is 4.50. The van der Waals surface area contributed by atoms with Gasteiger partial charge in [-0.25, -0.2) is 9.18 Å². The lowest BCUT2D eigenvalue weighted by Gasteiger charge is -2.53. The topological polar surface area (TPSA) is 76.7 Å². The molecule has 0 radical (unpaired) electrons. The van der Waals surface area contributed by atoms with E-state index in [1.807, 2.05) is 32.0 Å². The SMILES string of the molecule is CC1(NC(=O)COc2ccc(Cl)c(F)c2)CC(C)(NC(=O)OCCc2cccc(Cl)c2)C1. The van der Waals surface area contributed by atoms with Gasteiger partial charge in [0.1, 0.15) is 11.6 Å². The number of carbonyl (C=O) groups is 2. The van der Waals surface area contributed by atoms with Gasteiger partial charge < -0.3 is 20.1 Å². The smallest absolute Gasteiger partial charge is 0.407 e. The molecular formula is C23H25Cl2FN2O4. The minimum Gasteiger partial charge on any atom is -0.484 e. The highest BCUT2D eigenvalue weighted by molar-refractivity contribution is 6.31. The first-order chi connectivity index (χ1) is 15.1. The highest BCUT2D eigenvalue weighted by atomic mass is 35.5. The fraction of sp³-hybridized carbons (Fsp3) is 0.391. The van der Waals surface area contributed by atoms with Gasteiger partial charge in [-0.3, -0.25) is 4.79 Å². The van der Waals surface area contributed by atoms with Gasteiger partial charge in [0.25, 0.3) is 5.91 Å². The van der Waals surface area contributed by atoms with E-state index in [0.29, 0.717) is 24.3 Å². The lowest BCUT2D eigenvalue weighted by molar-refractivity contribution is -0.126. The Morgan fingerprint density at radius 3 is 2.47 bits per heavy atom. The van der Waals surface area contributed by atoms with Crippen molar-refractivity contribution in [2.24, 2.45) is 0 Å². The lowest BCUT2D eigenvalue weighted by atomic mass is 9.64. The van der Waals surface area contributed by atoms with Crippen molar-refractivity contribution in [2.75, 3.05) is 13.2 Å². The molecule has 32 heavy (non-hydrogen) atoms. The van der Waals surface area contributed by atoms with Crippen LogP contribution in [0.5, 0.6) is 5.75 Å². The van der Waals surface area contributed by atoms with E-state index >= 15 is 0 Å². The second kappa shape index (κ2) is 9.96. The van der Waals surface area contributed by atoms with E-state index in [2.05, 4.69) is 10.6 Å². The summed E-state index contributed by atoms with van der Waals surface area (Å²) in [4.78, 5) is 24.4. The van der Waals surface area contributed by atoms with Crippen molar-refractivity contribution < 1.29 is 23.5 Å². The number of rotatable bonds is 8. The summed E-state index contributed by atoms with van der Waals surface area (Å²) in [6, 6.07) is 11.4. The summed E-state index contributed by atoms with van der Waals surface area (Å²) in [6.45, 7) is 3.76. The molecule has 0 atom stereocenters. The van der Waals surface area contributed by atoms with Crippen LogP contribution in [0.15, 0.2) is 42.5 Å². The van der Waals surface area contributed by atoms with Gasteiger partial charge in [0.15, 0.2) is 6.61 Å². The predicted molar refractivity (Wildman–Crippen MR) is 121 cm³/mol. The summed E-state index contributed by atoms with van der Waals surface area (Å²) in [5.74, 6) is -0.737. The molecule has 3 rings (SSSR count). The van der Waals surface area contributed by atoms with Gasteiger partial charge in [-0.2, -0.15) is 0 Å². The molecule has 9 heteroatoms. The highest BCUT2D eigenvalue weighted by Gasteiger charge is 2.50. The second-order valence-corrected chi connectivity index (χ2v) is 9.37. The van der Waals surface area contributed by atoms with E-state index in [1.165, 1.54) is 12.1 Å². The maximum Gasteiger partial charge on any atom is 0.407 e. The molecule has 1 fully saturated rings. The minimum absolute atomic E-state index is 0.0152. The molecule has 1 aliphatic carbocycles. The molecular weight excluding hydrogens is 458 g/mol. The van der Waals surface area contributed by atoms with Crippen LogP contribution in [0.4, 0.5) is 9.18 Å². The van der Waals surface area contributed by atoms with Crippen LogP contribution >= 0.6 is 23.2 Å². The van der Waals surface area contributed by atoms with Crippen molar-refractivity contribution in [3.63, 3.8) is 0 Å². The third-order valence-corrected chi connectivity index (χ3v) is 5.72. The average molecular weight is 483 g/mol. The minimum atomic E-state index is -0.614. The molecule has 6 nitrogen and oxygen atoms in total. The Kier molecular flexibility index (Phi) is 7.51. The predicted octanol–water partition coefficient (Wildman–Crippen LogP) is 4.91. The first kappa shape index (κ1) is 24.1. The fourth-order valence-electron chi connectivity index (χ4n) is 4.17. The molecule has 2 amide bonds. The molecule has 0 spiro atoms. The monoisotopic (exact) mass is 482 g/mol. The van der Waals surface area contributed by atoms with E-state index in [9.17, 15) is 14.0 Å². The van der Waals surface area contributed by atoms with E-state index in [0.717, 1.165) is 11.6 Å². The van der Waals surface area contributed by atoms with Gasteiger partial charge in [0.2, 0.25) is 0 Å². The zero-order chi connectivity index (χ0) is 23.4. The molecule has 2 N–H and O–H groups in total. The molecule has 2 aromatic carbocycles. The number of hydrogen-bond donors (Lipinski definition) is 2. The molecule has 0 aromatic heterocycles. The van der Waals surface area contributed by atoms with Gasteiger partial charge in [-0.05, 0) is 56.5 Å². The van der Waals surface area contributed by atoms with Crippen LogP contribution in [0, 0.1) is 5.82 Å². The maximum atomic E-state index is 13.4. The first-order valence-corrected chi connectivity index (χ1v) is 10.9. The van der Waals surface area contributed by atoms with Crippen LogP contribution in [0.3, 0.4) is 0 Å². The van der Waals surface area contributed by atoms with Gasteiger partial charge in [0, 0.05) is 28.6 Å². The van der Waals surface area contributed by atoms with Crippen molar-refractivity contribution in [3.8, 4) is 5.75 Å². The summed E-state index contributed by atoms with van der Waals surface area (Å²) in [5.41, 5.74) is 0.00288. The Balaban J connectivity index is 1.38. The van der Waals surface area contributed by atoms with Crippen LogP contribution in [0.1, 0.15) is 32.3 Å². The van der Waals surface area contributed by atoms with Crippen molar-refractivity contribution in [1.82, 2.24) is 10.6 Å². The van der Waals surface area contributed by atoms with Gasteiger partial charge in [0.05, 0.1) is 11.6 Å². The van der Waals surface area contributed by atoms with Crippen molar-refractivity contribution in [3.05, 3.63) is 63.9 Å². The number of benzene rings is 2. The van der Waals surface area contributed by atoms with E-state index < -0.39 is 23.0 Å². The molecule has 0 aliphatic heterocycles. The zero-order valence-electron chi connectivity index (χ0n) is 17.8. The number of nitrogens with one attached hydrogen (secondary N) is 2. The van der Waals surface area contributed by atoms with Gasteiger partial charge in [-0.1, -0.05) is 35.3 Å². The third kappa shape index (κ3) is 6.74. The highest BCUT2D eigenvalue weighted by Crippen LogP contribution is 2.41. The number of ether oxygens (including phenoxy) is 2. The lowest BCUT2D eigenvalue weighted by Crippen LogP contribution is -2.68. The number of halogens is 3. The molecule has 0 bridgehead atoms. The molecule has 0 heterocycles. The molecule has 0 unspecified atom stereocenters. The summed E-state index contributed by atoms with van der Waals surface area (Å²) in [6.07, 6.45) is 1.13. The number of amides is 2. The van der Waals surface area contributed by atoms with Crippen molar-refractivity contribution >= 4 is 35.2 Å². The second-order valence-electron chi connectivity index (χ2n) is 8.53. The molecule has 172 valence electrons. The van der Waals surface area contributed by atoms with Crippen LogP contribution in [0.2, 0.25) is 10.0 Å². The number of carbonyl (C=O) groups excluding carboxylic acids is 2. The van der Waals surface area contributed by atoms with Crippen LogP contribution in [0.25, 0.3) is 0 Å². The normalized spacial score (nSPS) is 21.9. The standard InChI is InChI=1S/C23H25Cl2FN2O4/c1-22(27-20(29)12-32-17-6-7-18(25)19(26)11-17)13-23(2,14-22)28-21(30)31-9-8-15-4-3-5-16(24)10-15/h3-7,10-11H,8-9,12-14H2,1-2H3,(H,27,29)(H,28,30). The van der Waals surface area contributed by atoms with Crippen molar-refractivity contribution in [2.45, 2.75) is 44.2 Å². The van der Waals surface area contributed by atoms with Gasteiger partial charge >= 0.3 is 6.09 Å². The summed E-state index contributed by atoms with van der Waals surface area (Å²) >= 11 is 11.6. The molecule has 1 aliphatic rings. The summed E-state index contributed by atoms with van der Waals surface area (Å²) < 4.78 is 24.0. The Morgan fingerprint density at radius 2 is 1.78 bits per heavy atom. The Hall–Kier alpha value is -2.51. The first-order valence-electron chi connectivity index (χ1n) is 10.1.